The van der Waals surface area contributed by atoms with Gasteiger partial charge >= 0.3 is 0 Å². The second-order valence-electron chi connectivity index (χ2n) is 2.86. The molecule has 0 aliphatic rings. The average Bonchev–Trinajstić information content (AvgIpc) is 2.12. The van der Waals surface area contributed by atoms with Gasteiger partial charge in [-0.05, 0) is 12.5 Å². The Kier molecular flexibility index (Phi) is 1.55. The topological polar surface area (TPSA) is 54.3 Å². The molecule has 0 saturated carbocycles. The van der Waals surface area contributed by atoms with Crippen molar-refractivity contribution < 1.29 is 0 Å². The summed E-state index contributed by atoms with van der Waals surface area (Å²) in [6.07, 6.45) is 3.00. The molecule has 0 radical (unpaired) electrons. The second kappa shape index (κ2) is 2.58. The summed E-state index contributed by atoms with van der Waals surface area (Å²) in [5.74, 6) is 0. The third-order valence-corrected chi connectivity index (χ3v) is 1.98. The van der Waals surface area contributed by atoms with Gasteiger partial charge in [-0.2, -0.15) is 0 Å². The predicted octanol–water partition coefficient (Wildman–Crippen LogP) is 0.296. The first kappa shape index (κ1) is 7.79. The molecule has 2 heterocycles. The van der Waals surface area contributed by atoms with Crippen LogP contribution in [0.4, 0.5) is 0 Å². The van der Waals surface area contributed by atoms with Crippen molar-refractivity contribution in [1.29, 1.82) is 0 Å². The number of pyridine rings is 1. The molecule has 66 valence electrons. The van der Waals surface area contributed by atoms with Crippen LogP contribution in [0.5, 0.6) is 0 Å². The molecule has 4 nitrogen and oxygen atoms in total. The van der Waals surface area contributed by atoms with E-state index >= 15 is 0 Å². The van der Waals surface area contributed by atoms with Gasteiger partial charge in [0.1, 0.15) is 5.52 Å². The Morgan fingerprint density at radius 1 is 1.31 bits per heavy atom. The maximum absolute atomic E-state index is 11.3. The highest BCUT2D eigenvalue weighted by atomic mass is 16.1. The van der Waals surface area contributed by atoms with Gasteiger partial charge in [-0.3, -0.25) is 14.0 Å². The summed E-state index contributed by atoms with van der Waals surface area (Å²) >= 11 is 0. The van der Waals surface area contributed by atoms with Crippen molar-refractivity contribution in [3.63, 3.8) is 0 Å². The molecule has 0 saturated heterocycles. The first-order valence-corrected chi connectivity index (χ1v) is 3.90. The van der Waals surface area contributed by atoms with E-state index in [1.807, 2.05) is 0 Å². The Morgan fingerprint density at radius 3 is 2.77 bits per heavy atom. The van der Waals surface area contributed by atoms with Gasteiger partial charge in [-0.1, -0.05) is 6.07 Å². The summed E-state index contributed by atoms with van der Waals surface area (Å²) in [5, 5.41) is 0. The number of fused-ring (bicyclic) bond motifs is 1. The number of hydrogen-bond donors (Lipinski definition) is 1. The van der Waals surface area contributed by atoms with E-state index in [4.69, 9.17) is 0 Å². The first-order valence-electron chi connectivity index (χ1n) is 3.90. The minimum atomic E-state index is -0.238. The molecule has 0 aliphatic heterocycles. The van der Waals surface area contributed by atoms with Gasteiger partial charge in [0.2, 0.25) is 0 Å². The minimum Gasteiger partial charge on any atom is -0.326 e. The lowest BCUT2D eigenvalue weighted by atomic mass is 10.2. The number of nitrogens with zero attached hydrogens (tertiary/aromatic N) is 1. The van der Waals surface area contributed by atoms with E-state index in [-0.39, 0.29) is 11.1 Å². The molecule has 0 aliphatic carbocycles. The molecule has 0 aromatic carbocycles. The molecule has 2 rings (SSSR count). The molecular formula is C9H8N2O2. The zero-order chi connectivity index (χ0) is 9.42. The molecule has 0 spiro atoms. The van der Waals surface area contributed by atoms with E-state index in [0.717, 1.165) is 5.56 Å². The zero-order valence-electron chi connectivity index (χ0n) is 7.07. The van der Waals surface area contributed by atoms with Crippen molar-refractivity contribution in [2.24, 2.45) is 0 Å². The van der Waals surface area contributed by atoms with Crippen LogP contribution in [0.3, 0.4) is 0 Å². The number of hydrogen-bond acceptors (Lipinski definition) is 2. The summed E-state index contributed by atoms with van der Waals surface area (Å²) in [7, 11) is 0. The summed E-state index contributed by atoms with van der Waals surface area (Å²) < 4.78 is 1.34. The van der Waals surface area contributed by atoms with Gasteiger partial charge in [0.15, 0.2) is 0 Å². The van der Waals surface area contributed by atoms with Gasteiger partial charge < -0.3 is 4.98 Å². The van der Waals surface area contributed by atoms with Crippen molar-refractivity contribution in [3.8, 4) is 0 Å². The molecule has 13 heavy (non-hydrogen) atoms. The highest BCUT2D eigenvalue weighted by molar-refractivity contribution is 5.51. The van der Waals surface area contributed by atoms with E-state index in [1.54, 1.807) is 19.2 Å². The fraction of sp³-hybridized carbons (Fsp3) is 0.111. The molecule has 0 atom stereocenters. The molecule has 2 aromatic heterocycles. The van der Waals surface area contributed by atoms with Gasteiger partial charge in [-0.15, -0.1) is 0 Å². The third kappa shape index (κ3) is 1.07. The standard InChI is InChI=1S/C9H8N2O2/c1-6-2-3-7(12)11-5-4-10-9(13)8(6)11/h2-5H,1H3,(H,10,13). The maximum Gasteiger partial charge on any atom is 0.272 e. The van der Waals surface area contributed by atoms with E-state index < -0.39 is 0 Å². The van der Waals surface area contributed by atoms with Crippen molar-refractivity contribution in [3.05, 3.63) is 50.8 Å². The van der Waals surface area contributed by atoms with Gasteiger partial charge in [-0.25, -0.2) is 0 Å². The normalized spacial score (nSPS) is 10.5. The van der Waals surface area contributed by atoms with E-state index in [9.17, 15) is 9.59 Å². The van der Waals surface area contributed by atoms with Crippen LogP contribution >= 0.6 is 0 Å². The SMILES string of the molecule is Cc1ccc(=O)n2cc[nH]c(=O)c12. The molecule has 2 aromatic rings. The summed E-state index contributed by atoms with van der Waals surface area (Å²) in [6, 6.07) is 3.09. The lowest BCUT2D eigenvalue weighted by Crippen LogP contribution is -2.20. The zero-order valence-corrected chi connectivity index (χ0v) is 7.07. The number of aromatic nitrogens is 2. The quantitative estimate of drug-likeness (QED) is 0.627. The molecular weight excluding hydrogens is 168 g/mol. The second-order valence-corrected chi connectivity index (χ2v) is 2.86. The fourth-order valence-electron chi connectivity index (χ4n) is 1.35. The van der Waals surface area contributed by atoms with Crippen molar-refractivity contribution in [1.82, 2.24) is 9.38 Å². The average molecular weight is 176 g/mol. The van der Waals surface area contributed by atoms with Gasteiger partial charge in [0.05, 0.1) is 0 Å². The molecule has 4 heteroatoms. The van der Waals surface area contributed by atoms with Crippen LogP contribution in [0.15, 0.2) is 34.1 Å². The van der Waals surface area contributed by atoms with Crippen LogP contribution < -0.4 is 11.1 Å². The van der Waals surface area contributed by atoms with Crippen LogP contribution in [0.2, 0.25) is 0 Å². The number of rotatable bonds is 0. The van der Waals surface area contributed by atoms with Crippen LogP contribution in [-0.4, -0.2) is 9.38 Å². The summed E-state index contributed by atoms with van der Waals surface area (Å²) in [6.45, 7) is 1.80. The predicted molar refractivity (Wildman–Crippen MR) is 49.0 cm³/mol. The number of H-pyrrole nitrogens is 1. The number of aryl methyl sites for hydroxylation is 1. The highest BCUT2D eigenvalue weighted by Crippen LogP contribution is 1.99. The van der Waals surface area contributed by atoms with Crippen LogP contribution in [0.25, 0.3) is 5.52 Å². The van der Waals surface area contributed by atoms with E-state index in [0.29, 0.717) is 5.52 Å². The summed E-state index contributed by atoms with van der Waals surface area (Å²) in [5.41, 5.74) is 0.779. The van der Waals surface area contributed by atoms with Crippen molar-refractivity contribution in [2.75, 3.05) is 0 Å². The fourth-order valence-corrected chi connectivity index (χ4v) is 1.35. The van der Waals surface area contributed by atoms with Crippen molar-refractivity contribution in [2.45, 2.75) is 6.92 Å². The van der Waals surface area contributed by atoms with Crippen LogP contribution in [0, 0.1) is 6.92 Å². The molecule has 0 unspecified atom stereocenters. The smallest absolute Gasteiger partial charge is 0.272 e. The van der Waals surface area contributed by atoms with E-state index in [1.165, 1.54) is 16.7 Å². The first-order chi connectivity index (χ1) is 6.20. The van der Waals surface area contributed by atoms with Crippen molar-refractivity contribution >= 4 is 5.52 Å². The van der Waals surface area contributed by atoms with Crippen LogP contribution in [-0.2, 0) is 0 Å². The Labute approximate surface area is 73.5 Å². The Balaban J connectivity index is 3.19. The van der Waals surface area contributed by atoms with Gasteiger partial charge in [0.25, 0.3) is 11.1 Å². The number of nitrogens with one attached hydrogen (secondary N) is 1. The molecule has 0 fully saturated rings. The monoisotopic (exact) mass is 176 g/mol. The maximum atomic E-state index is 11.3. The molecule has 0 bridgehead atoms. The Bertz CT molecular complexity index is 566. The lowest BCUT2D eigenvalue weighted by Gasteiger charge is -2.00. The van der Waals surface area contributed by atoms with Gasteiger partial charge in [0, 0.05) is 18.5 Å². The third-order valence-electron chi connectivity index (χ3n) is 1.98. The Morgan fingerprint density at radius 2 is 2.08 bits per heavy atom. The molecule has 1 N–H and O–H groups in total. The highest BCUT2D eigenvalue weighted by Gasteiger charge is 2.01. The van der Waals surface area contributed by atoms with E-state index in [2.05, 4.69) is 4.98 Å². The Hall–Kier alpha value is -1.84. The largest absolute Gasteiger partial charge is 0.326 e. The lowest BCUT2D eigenvalue weighted by molar-refractivity contribution is 1.03. The molecule has 0 amide bonds. The minimum absolute atomic E-state index is 0.188. The van der Waals surface area contributed by atoms with Crippen LogP contribution in [0.1, 0.15) is 5.56 Å². The summed E-state index contributed by atoms with van der Waals surface area (Å²) in [4.78, 5) is 25.2. The number of aromatic amines is 1.